The minimum Gasteiger partial charge on any atom is -0.454 e. The molecule has 0 fully saturated rings. The summed E-state index contributed by atoms with van der Waals surface area (Å²) < 4.78 is 12.3. The number of carbonyl (C=O) groups excluding carboxylic acids is 2. The molecule has 0 spiro atoms. The Morgan fingerprint density at radius 3 is 2.86 bits per heavy atom. The third-order valence-electron chi connectivity index (χ3n) is 5.13. The van der Waals surface area contributed by atoms with E-state index in [0.29, 0.717) is 44.8 Å². The Kier molecular flexibility index (Phi) is 4.06. The number of fused-ring (bicyclic) bond motifs is 2. The van der Waals surface area contributed by atoms with Crippen LogP contribution in [-0.4, -0.2) is 28.3 Å². The summed E-state index contributed by atoms with van der Waals surface area (Å²) in [5.41, 5.74) is 2.57. The van der Waals surface area contributed by atoms with Gasteiger partial charge in [-0.05, 0) is 43.3 Å². The molecule has 1 amide bonds. The number of hydrogen-bond acceptors (Lipinski definition) is 5. The summed E-state index contributed by atoms with van der Waals surface area (Å²) >= 11 is 6.11. The fourth-order valence-electron chi connectivity index (χ4n) is 3.82. The average Bonchev–Trinajstić information content (AvgIpc) is 3.30. The van der Waals surface area contributed by atoms with Crippen LogP contribution in [0.25, 0.3) is 5.69 Å². The van der Waals surface area contributed by atoms with Crippen molar-refractivity contribution in [2.75, 3.05) is 12.1 Å². The first-order valence-corrected chi connectivity index (χ1v) is 9.48. The standard InChI is InChI=1S/C21H16ClN3O4/c1-11-19-15(20(27)12-5-6-16-17(7-12)29-10-28-16)9-18(26)23-21(19)25(24-11)14-4-2-3-13(22)8-14/h2-8,15H,9-10H2,1H3,(H,23,26)/t15-/m0/s1. The maximum Gasteiger partial charge on any atom is 0.231 e. The Morgan fingerprint density at radius 1 is 1.21 bits per heavy atom. The van der Waals surface area contributed by atoms with Crippen LogP contribution >= 0.6 is 11.6 Å². The Morgan fingerprint density at radius 2 is 2.03 bits per heavy atom. The van der Waals surface area contributed by atoms with Crippen molar-refractivity contribution in [1.82, 2.24) is 9.78 Å². The molecule has 1 atom stereocenters. The molecule has 2 aromatic carbocycles. The van der Waals surface area contributed by atoms with Crippen LogP contribution in [0.2, 0.25) is 5.02 Å². The van der Waals surface area contributed by atoms with E-state index in [1.807, 2.05) is 13.0 Å². The van der Waals surface area contributed by atoms with Gasteiger partial charge in [0.2, 0.25) is 12.7 Å². The molecule has 2 aliphatic heterocycles. The molecule has 1 N–H and O–H groups in total. The normalized spacial score (nSPS) is 17.0. The molecular weight excluding hydrogens is 394 g/mol. The topological polar surface area (TPSA) is 82.5 Å². The molecule has 0 aliphatic carbocycles. The molecule has 0 saturated heterocycles. The quantitative estimate of drug-likeness (QED) is 0.664. The van der Waals surface area contributed by atoms with Crippen LogP contribution in [0.1, 0.15) is 34.0 Å². The SMILES string of the molecule is Cc1nn(-c2cccc(Cl)c2)c2c1[C@@H](C(=O)c1ccc3c(c1)OCO3)CC(=O)N2. The van der Waals surface area contributed by atoms with Crippen molar-refractivity contribution in [3.8, 4) is 17.2 Å². The zero-order chi connectivity index (χ0) is 20.1. The van der Waals surface area contributed by atoms with E-state index in [2.05, 4.69) is 10.4 Å². The second-order valence-corrected chi connectivity index (χ2v) is 7.41. The van der Waals surface area contributed by atoms with Gasteiger partial charge >= 0.3 is 0 Å². The maximum atomic E-state index is 13.3. The van der Waals surface area contributed by atoms with E-state index in [4.69, 9.17) is 21.1 Å². The highest BCUT2D eigenvalue weighted by Gasteiger charge is 2.36. The number of amides is 1. The van der Waals surface area contributed by atoms with Crippen molar-refractivity contribution < 1.29 is 19.1 Å². The second kappa shape index (κ2) is 6.63. The van der Waals surface area contributed by atoms with Gasteiger partial charge in [-0.2, -0.15) is 5.10 Å². The van der Waals surface area contributed by atoms with Gasteiger partial charge < -0.3 is 14.8 Å². The molecule has 2 aliphatic rings. The smallest absolute Gasteiger partial charge is 0.231 e. The lowest BCUT2D eigenvalue weighted by molar-refractivity contribution is -0.116. The minimum absolute atomic E-state index is 0.0579. The third-order valence-corrected chi connectivity index (χ3v) is 5.36. The van der Waals surface area contributed by atoms with Crippen molar-refractivity contribution >= 4 is 29.1 Å². The molecule has 3 heterocycles. The van der Waals surface area contributed by atoms with E-state index < -0.39 is 5.92 Å². The Bertz CT molecular complexity index is 1170. The molecule has 0 radical (unpaired) electrons. The van der Waals surface area contributed by atoms with Crippen molar-refractivity contribution in [1.29, 1.82) is 0 Å². The molecule has 0 bridgehead atoms. The number of ketones is 1. The van der Waals surface area contributed by atoms with Crippen molar-refractivity contribution in [2.45, 2.75) is 19.3 Å². The van der Waals surface area contributed by atoms with Crippen LogP contribution < -0.4 is 14.8 Å². The number of nitrogens with zero attached hydrogens (tertiary/aromatic N) is 2. The van der Waals surface area contributed by atoms with Gasteiger partial charge in [-0.1, -0.05) is 17.7 Å². The fraction of sp³-hybridized carbons (Fsp3) is 0.190. The molecule has 3 aromatic rings. The fourth-order valence-corrected chi connectivity index (χ4v) is 4.00. The van der Waals surface area contributed by atoms with Gasteiger partial charge in [-0.15, -0.1) is 0 Å². The summed E-state index contributed by atoms with van der Waals surface area (Å²) in [6, 6.07) is 12.2. The number of anilines is 1. The van der Waals surface area contributed by atoms with E-state index in [1.54, 1.807) is 41.1 Å². The summed E-state index contributed by atoms with van der Waals surface area (Å²) in [5, 5.41) is 7.99. The number of aromatic nitrogens is 2. The van der Waals surface area contributed by atoms with E-state index >= 15 is 0 Å². The van der Waals surface area contributed by atoms with Gasteiger partial charge in [-0.25, -0.2) is 4.68 Å². The number of aryl methyl sites for hydroxylation is 1. The minimum atomic E-state index is -0.632. The van der Waals surface area contributed by atoms with Crippen molar-refractivity contribution in [3.63, 3.8) is 0 Å². The predicted octanol–water partition coefficient (Wildman–Crippen LogP) is 3.87. The van der Waals surface area contributed by atoms with Gasteiger partial charge in [0.15, 0.2) is 17.3 Å². The number of benzene rings is 2. The summed E-state index contributed by atoms with van der Waals surface area (Å²) in [6.07, 6.45) is 0.0579. The van der Waals surface area contributed by atoms with Crippen LogP contribution in [0.4, 0.5) is 5.82 Å². The van der Waals surface area contributed by atoms with Gasteiger partial charge in [0.25, 0.3) is 0 Å². The first kappa shape index (κ1) is 17.8. The van der Waals surface area contributed by atoms with Crippen LogP contribution in [0.3, 0.4) is 0 Å². The first-order chi connectivity index (χ1) is 14.0. The second-order valence-electron chi connectivity index (χ2n) is 6.98. The van der Waals surface area contributed by atoms with Crippen LogP contribution in [0.15, 0.2) is 42.5 Å². The molecule has 8 heteroatoms. The number of Topliss-reactive ketones (excluding diaryl/α,β-unsaturated/α-hetero) is 1. The lowest BCUT2D eigenvalue weighted by Crippen LogP contribution is -2.28. The summed E-state index contributed by atoms with van der Waals surface area (Å²) in [6.45, 7) is 1.96. The van der Waals surface area contributed by atoms with E-state index in [1.165, 1.54) is 0 Å². The summed E-state index contributed by atoms with van der Waals surface area (Å²) in [7, 11) is 0. The van der Waals surface area contributed by atoms with Crippen LogP contribution in [-0.2, 0) is 4.79 Å². The Hall–Kier alpha value is -3.32. The molecular formula is C21H16ClN3O4. The summed E-state index contributed by atoms with van der Waals surface area (Å²) in [5.74, 6) is 0.608. The Labute approximate surface area is 171 Å². The molecule has 29 heavy (non-hydrogen) atoms. The highest BCUT2D eigenvalue weighted by atomic mass is 35.5. The number of nitrogens with one attached hydrogen (secondary N) is 1. The molecule has 0 saturated carbocycles. The molecule has 1 aromatic heterocycles. The van der Waals surface area contributed by atoms with Gasteiger partial charge in [0, 0.05) is 22.6 Å². The van der Waals surface area contributed by atoms with Gasteiger partial charge in [0.1, 0.15) is 5.82 Å². The van der Waals surface area contributed by atoms with Crippen LogP contribution in [0, 0.1) is 6.92 Å². The zero-order valence-corrected chi connectivity index (χ0v) is 16.2. The predicted molar refractivity (Wildman–Crippen MR) is 106 cm³/mol. The number of ether oxygens (including phenoxy) is 2. The molecule has 7 nitrogen and oxygen atoms in total. The molecule has 146 valence electrons. The first-order valence-electron chi connectivity index (χ1n) is 9.10. The average molecular weight is 410 g/mol. The largest absolute Gasteiger partial charge is 0.454 e. The Balaban J connectivity index is 1.59. The number of rotatable bonds is 3. The number of hydrogen-bond donors (Lipinski definition) is 1. The lowest BCUT2D eigenvalue weighted by atomic mass is 9.85. The highest BCUT2D eigenvalue weighted by molar-refractivity contribution is 6.30. The molecule has 5 rings (SSSR count). The van der Waals surface area contributed by atoms with Gasteiger partial charge in [-0.3, -0.25) is 9.59 Å². The molecule has 0 unspecified atom stereocenters. The summed E-state index contributed by atoms with van der Waals surface area (Å²) in [4.78, 5) is 25.8. The monoisotopic (exact) mass is 409 g/mol. The van der Waals surface area contributed by atoms with Crippen LogP contribution in [0.5, 0.6) is 11.5 Å². The highest BCUT2D eigenvalue weighted by Crippen LogP contribution is 2.40. The number of carbonyl (C=O) groups is 2. The lowest BCUT2D eigenvalue weighted by Gasteiger charge is -2.23. The zero-order valence-electron chi connectivity index (χ0n) is 15.4. The van der Waals surface area contributed by atoms with Crippen molar-refractivity contribution in [2.24, 2.45) is 0 Å². The van der Waals surface area contributed by atoms with E-state index in [9.17, 15) is 9.59 Å². The van der Waals surface area contributed by atoms with Gasteiger partial charge in [0.05, 0.1) is 17.3 Å². The number of halogens is 1. The maximum absolute atomic E-state index is 13.3. The van der Waals surface area contributed by atoms with E-state index in [0.717, 1.165) is 0 Å². The van der Waals surface area contributed by atoms with Crippen molar-refractivity contribution in [3.05, 3.63) is 64.3 Å². The third kappa shape index (κ3) is 2.94. The van der Waals surface area contributed by atoms with E-state index in [-0.39, 0.29) is 24.9 Å².